The van der Waals surface area contributed by atoms with E-state index in [0.29, 0.717) is 19.3 Å². The van der Waals surface area contributed by atoms with Crippen molar-refractivity contribution in [2.45, 2.75) is 348 Å². The average Bonchev–Trinajstić information content (AvgIpc) is 3.49. The van der Waals surface area contributed by atoms with Crippen LogP contribution in [-0.2, 0) is 28.6 Å². The second-order valence-corrected chi connectivity index (χ2v) is 23.4. The fourth-order valence-electron chi connectivity index (χ4n) is 9.94. The van der Waals surface area contributed by atoms with E-state index in [1.165, 1.54) is 193 Å². The Morgan fingerprint density at radius 1 is 0.253 bits per heavy atom. The minimum Gasteiger partial charge on any atom is -0.462 e. The van der Waals surface area contributed by atoms with E-state index < -0.39 is 6.10 Å². The molecule has 1 unspecified atom stereocenters. The van der Waals surface area contributed by atoms with Crippen molar-refractivity contribution in [3.05, 3.63) is 109 Å². The van der Waals surface area contributed by atoms with Gasteiger partial charge in [0.05, 0.1) is 0 Å². The van der Waals surface area contributed by atoms with Crippen molar-refractivity contribution < 1.29 is 28.6 Å². The standard InChI is InChI=1S/C77H132O6/c1-4-7-10-13-16-19-22-25-28-31-32-33-34-35-36-37-38-39-40-41-42-43-44-47-49-52-55-58-61-64-67-70-76(79)82-73-74(83-77(80)71-68-65-62-59-56-53-50-46-30-27-24-21-18-15-12-9-6-3)72-81-75(78)69-66-63-60-57-54-51-48-45-29-26-23-20-17-14-11-8-5-2/h7,10,16,18-19,21,25-30,32-33,35-36,38-39,74H,4-6,8-9,11-15,17,20,22-24,31,34,37,40-73H2,1-3H3/b10-7-,19-16-,21-18-,28-25-,29-26-,30-27-,33-32-,36-35-,39-38-. The molecule has 1 atom stereocenters. The number of hydrogen-bond acceptors (Lipinski definition) is 6. The monoisotopic (exact) mass is 1150 g/mol. The Morgan fingerprint density at radius 3 is 0.771 bits per heavy atom. The van der Waals surface area contributed by atoms with Crippen LogP contribution in [0.2, 0.25) is 0 Å². The number of esters is 3. The molecule has 0 radical (unpaired) electrons. The summed E-state index contributed by atoms with van der Waals surface area (Å²) in [5.41, 5.74) is 0. The third-order valence-electron chi connectivity index (χ3n) is 15.2. The predicted molar refractivity (Wildman–Crippen MR) is 362 cm³/mol. The average molecular weight is 1150 g/mol. The van der Waals surface area contributed by atoms with Crippen molar-refractivity contribution >= 4 is 17.9 Å². The van der Waals surface area contributed by atoms with Gasteiger partial charge in [0.1, 0.15) is 13.2 Å². The minimum absolute atomic E-state index is 0.0821. The first-order valence-electron chi connectivity index (χ1n) is 35.4. The molecular formula is C77H132O6. The third kappa shape index (κ3) is 68.7. The van der Waals surface area contributed by atoms with Crippen LogP contribution >= 0.6 is 0 Å². The van der Waals surface area contributed by atoms with Gasteiger partial charge in [-0.2, -0.15) is 0 Å². The zero-order chi connectivity index (χ0) is 59.9. The van der Waals surface area contributed by atoms with Crippen LogP contribution in [0.25, 0.3) is 0 Å². The maximum absolute atomic E-state index is 12.9. The Labute approximate surface area is 514 Å². The smallest absolute Gasteiger partial charge is 0.306 e. The molecule has 0 rings (SSSR count). The highest BCUT2D eigenvalue weighted by atomic mass is 16.6. The van der Waals surface area contributed by atoms with Crippen LogP contribution in [0.15, 0.2) is 109 Å². The second kappa shape index (κ2) is 70.6. The summed E-state index contributed by atoms with van der Waals surface area (Å²) in [6, 6.07) is 0. The quantitative estimate of drug-likeness (QED) is 0.0261. The predicted octanol–water partition coefficient (Wildman–Crippen LogP) is 24.6. The Morgan fingerprint density at radius 2 is 0.470 bits per heavy atom. The van der Waals surface area contributed by atoms with Crippen molar-refractivity contribution in [3.8, 4) is 0 Å². The molecule has 6 heteroatoms. The summed E-state index contributed by atoms with van der Waals surface area (Å²) in [6.07, 6.45) is 96.8. The molecule has 0 aromatic carbocycles. The van der Waals surface area contributed by atoms with Gasteiger partial charge < -0.3 is 14.2 Å². The van der Waals surface area contributed by atoms with Gasteiger partial charge in [0.2, 0.25) is 0 Å². The molecule has 476 valence electrons. The molecule has 0 bridgehead atoms. The minimum atomic E-state index is -0.787. The highest BCUT2D eigenvalue weighted by Crippen LogP contribution is 2.17. The first-order chi connectivity index (χ1) is 41.0. The number of carbonyl (C=O) groups is 3. The summed E-state index contributed by atoms with van der Waals surface area (Å²) >= 11 is 0. The molecule has 0 aliphatic carbocycles. The second-order valence-electron chi connectivity index (χ2n) is 23.4. The van der Waals surface area contributed by atoms with E-state index in [-0.39, 0.29) is 31.1 Å². The van der Waals surface area contributed by atoms with E-state index in [0.717, 1.165) is 109 Å². The number of hydrogen-bond donors (Lipinski definition) is 0. The molecule has 0 amide bonds. The molecule has 0 spiro atoms. The number of rotatable bonds is 64. The Kier molecular flexibility index (Phi) is 67.2. The van der Waals surface area contributed by atoms with Gasteiger partial charge in [0.25, 0.3) is 0 Å². The lowest BCUT2D eigenvalue weighted by Crippen LogP contribution is -2.30. The van der Waals surface area contributed by atoms with E-state index in [2.05, 4.69) is 130 Å². The summed E-state index contributed by atoms with van der Waals surface area (Å²) in [5, 5.41) is 0. The number of unbranched alkanes of at least 4 members (excludes halogenated alkanes) is 35. The van der Waals surface area contributed by atoms with Crippen LogP contribution in [0, 0.1) is 0 Å². The van der Waals surface area contributed by atoms with Crippen molar-refractivity contribution in [1.82, 2.24) is 0 Å². The summed E-state index contributed by atoms with van der Waals surface area (Å²) < 4.78 is 17.0. The van der Waals surface area contributed by atoms with Crippen LogP contribution in [-0.4, -0.2) is 37.2 Å². The highest BCUT2D eigenvalue weighted by molar-refractivity contribution is 5.71. The molecular weight excluding hydrogens is 1020 g/mol. The van der Waals surface area contributed by atoms with E-state index in [9.17, 15) is 14.4 Å². The van der Waals surface area contributed by atoms with E-state index in [1.807, 2.05) is 0 Å². The number of carbonyl (C=O) groups excluding carboxylic acids is 3. The van der Waals surface area contributed by atoms with E-state index >= 15 is 0 Å². The van der Waals surface area contributed by atoms with Gasteiger partial charge in [-0.25, -0.2) is 0 Å². The first kappa shape index (κ1) is 79.1. The summed E-state index contributed by atoms with van der Waals surface area (Å²) in [5.74, 6) is -0.882. The van der Waals surface area contributed by atoms with Gasteiger partial charge in [-0.05, 0) is 128 Å². The lowest BCUT2D eigenvalue weighted by atomic mass is 10.0. The first-order valence-corrected chi connectivity index (χ1v) is 35.4. The zero-order valence-electron chi connectivity index (χ0n) is 54.7. The molecule has 0 aromatic heterocycles. The SMILES string of the molecule is CC/C=C\C/C=C\C/C=C\C/C=C\C/C=C\C/C=C\CCCCCCCCCCCCCCC(=O)OCC(COC(=O)CCCCCCCCC/C=C\CCCCCCCC)OC(=O)CCCCCCCCC/C=C\C/C=C\CCCCC. The number of allylic oxidation sites excluding steroid dienone is 18. The van der Waals surface area contributed by atoms with Crippen molar-refractivity contribution in [2.75, 3.05) is 13.2 Å². The molecule has 0 aliphatic rings. The Bertz CT molecular complexity index is 1660. The molecule has 6 nitrogen and oxygen atoms in total. The molecule has 0 aromatic rings. The summed E-state index contributed by atoms with van der Waals surface area (Å²) in [4.78, 5) is 38.5. The molecule has 83 heavy (non-hydrogen) atoms. The van der Waals surface area contributed by atoms with Crippen LogP contribution in [0.4, 0.5) is 0 Å². The van der Waals surface area contributed by atoms with E-state index in [4.69, 9.17) is 14.2 Å². The van der Waals surface area contributed by atoms with Gasteiger partial charge in [-0.3, -0.25) is 14.4 Å². The largest absolute Gasteiger partial charge is 0.462 e. The summed E-state index contributed by atoms with van der Waals surface area (Å²) in [6.45, 7) is 6.52. The van der Waals surface area contributed by atoms with Gasteiger partial charge in [0, 0.05) is 19.3 Å². The Balaban J connectivity index is 4.30. The van der Waals surface area contributed by atoms with Crippen molar-refractivity contribution in [3.63, 3.8) is 0 Å². The van der Waals surface area contributed by atoms with Crippen LogP contribution in [0.3, 0.4) is 0 Å². The lowest BCUT2D eigenvalue weighted by Gasteiger charge is -2.18. The third-order valence-corrected chi connectivity index (χ3v) is 15.2. The molecule has 0 saturated heterocycles. The fourth-order valence-corrected chi connectivity index (χ4v) is 9.94. The van der Waals surface area contributed by atoms with E-state index in [1.54, 1.807) is 0 Å². The lowest BCUT2D eigenvalue weighted by molar-refractivity contribution is -0.167. The van der Waals surface area contributed by atoms with Gasteiger partial charge >= 0.3 is 17.9 Å². The zero-order valence-corrected chi connectivity index (χ0v) is 54.7. The van der Waals surface area contributed by atoms with Crippen LogP contribution in [0.5, 0.6) is 0 Å². The molecule has 0 saturated carbocycles. The van der Waals surface area contributed by atoms with Crippen molar-refractivity contribution in [1.29, 1.82) is 0 Å². The van der Waals surface area contributed by atoms with Crippen LogP contribution < -0.4 is 0 Å². The van der Waals surface area contributed by atoms with Gasteiger partial charge in [-0.1, -0.05) is 304 Å². The fraction of sp³-hybridized carbons (Fsp3) is 0.727. The number of ether oxygens (including phenoxy) is 3. The van der Waals surface area contributed by atoms with Gasteiger partial charge in [-0.15, -0.1) is 0 Å². The normalized spacial score (nSPS) is 12.8. The van der Waals surface area contributed by atoms with Crippen LogP contribution in [0.1, 0.15) is 342 Å². The molecule has 0 heterocycles. The van der Waals surface area contributed by atoms with Crippen molar-refractivity contribution in [2.24, 2.45) is 0 Å². The maximum atomic E-state index is 12.9. The Hall–Kier alpha value is -3.93. The highest BCUT2D eigenvalue weighted by Gasteiger charge is 2.19. The maximum Gasteiger partial charge on any atom is 0.306 e. The molecule has 0 N–H and O–H groups in total. The van der Waals surface area contributed by atoms with Gasteiger partial charge in [0.15, 0.2) is 6.10 Å². The molecule has 0 aliphatic heterocycles. The topological polar surface area (TPSA) is 78.9 Å². The molecule has 0 fully saturated rings. The summed E-state index contributed by atoms with van der Waals surface area (Å²) in [7, 11) is 0.